The molecule has 4 rings (SSSR count). The fourth-order valence-corrected chi connectivity index (χ4v) is 2.99. The van der Waals surface area contributed by atoms with E-state index in [1.54, 1.807) is 48.5 Å². The maximum Gasteiger partial charge on any atom is 0.256 e. The summed E-state index contributed by atoms with van der Waals surface area (Å²) in [7, 11) is 0. The van der Waals surface area contributed by atoms with Crippen LogP contribution in [-0.4, -0.2) is 15.9 Å². The Kier molecular flexibility index (Phi) is 5.22. The zero-order valence-corrected chi connectivity index (χ0v) is 15.8. The number of para-hydroxylation sites is 1. The van der Waals surface area contributed by atoms with E-state index in [2.05, 4.69) is 21.4 Å². The smallest absolute Gasteiger partial charge is 0.256 e. The van der Waals surface area contributed by atoms with Crippen molar-refractivity contribution in [1.82, 2.24) is 9.97 Å². The van der Waals surface area contributed by atoms with Crippen molar-refractivity contribution < 1.29 is 9.53 Å². The van der Waals surface area contributed by atoms with Gasteiger partial charge in [-0.25, -0.2) is 4.98 Å². The third kappa shape index (κ3) is 4.18. The summed E-state index contributed by atoms with van der Waals surface area (Å²) in [6.45, 7) is 0. The second-order valence-electron chi connectivity index (χ2n) is 6.51. The number of nitriles is 1. The van der Waals surface area contributed by atoms with E-state index in [1.807, 2.05) is 12.1 Å². The molecule has 2 N–H and O–H groups in total. The number of fused-ring (bicyclic) bond motifs is 1. The first-order chi connectivity index (χ1) is 14.6. The lowest BCUT2D eigenvalue weighted by atomic mass is 10.1. The molecule has 2 heterocycles. The van der Waals surface area contributed by atoms with E-state index in [4.69, 9.17) is 10.00 Å². The van der Waals surface area contributed by atoms with Crippen LogP contribution in [0.5, 0.6) is 11.6 Å². The predicted molar refractivity (Wildman–Crippen MR) is 113 cm³/mol. The molecule has 7 heteroatoms. The van der Waals surface area contributed by atoms with Crippen molar-refractivity contribution in [2.45, 2.75) is 6.42 Å². The van der Waals surface area contributed by atoms with Crippen molar-refractivity contribution in [3.8, 4) is 17.7 Å². The van der Waals surface area contributed by atoms with Crippen LogP contribution < -0.4 is 15.6 Å². The highest BCUT2D eigenvalue weighted by Crippen LogP contribution is 2.22. The van der Waals surface area contributed by atoms with E-state index in [-0.39, 0.29) is 11.1 Å². The minimum absolute atomic E-state index is 0.284. The number of carbonyl (C=O) groups is 1. The number of anilines is 1. The molecule has 1 amide bonds. The molecule has 0 aliphatic heterocycles. The van der Waals surface area contributed by atoms with Gasteiger partial charge < -0.3 is 15.0 Å². The highest BCUT2D eigenvalue weighted by molar-refractivity contribution is 6.12. The van der Waals surface area contributed by atoms with E-state index in [0.29, 0.717) is 34.6 Å². The first kappa shape index (κ1) is 18.9. The van der Waals surface area contributed by atoms with Crippen molar-refractivity contribution >= 4 is 22.5 Å². The Morgan fingerprint density at radius 1 is 1.10 bits per heavy atom. The van der Waals surface area contributed by atoms with Gasteiger partial charge in [0.25, 0.3) is 5.91 Å². The van der Waals surface area contributed by atoms with Gasteiger partial charge in [-0.2, -0.15) is 5.26 Å². The molecule has 0 unspecified atom stereocenters. The van der Waals surface area contributed by atoms with Gasteiger partial charge in [0.2, 0.25) is 11.4 Å². The number of aromatic amines is 1. The highest BCUT2D eigenvalue weighted by Gasteiger charge is 2.12. The number of nitrogens with one attached hydrogen (secondary N) is 2. The Morgan fingerprint density at radius 2 is 1.90 bits per heavy atom. The van der Waals surface area contributed by atoms with Crippen LogP contribution in [0.3, 0.4) is 0 Å². The molecule has 0 saturated carbocycles. The summed E-state index contributed by atoms with van der Waals surface area (Å²) in [6, 6.07) is 21.0. The summed E-state index contributed by atoms with van der Waals surface area (Å²) in [5, 5.41) is 12.1. The number of hydrogen-bond acceptors (Lipinski definition) is 5. The van der Waals surface area contributed by atoms with Gasteiger partial charge in [-0.15, -0.1) is 0 Å². The first-order valence-electron chi connectivity index (χ1n) is 9.15. The summed E-state index contributed by atoms with van der Waals surface area (Å²) in [5.41, 5.74) is 1.91. The molecule has 30 heavy (non-hydrogen) atoms. The fourth-order valence-electron chi connectivity index (χ4n) is 2.99. The van der Waals surface area contributed by atoms with Gasteiger partial charge in [0, 0.05) is 23.0 Å². The third-order valence-corrected chi connectivity index (χ3v) is 4.42. The average Bonchev–Trinajstić information content (AvgIpc) is 2.76. The number of nitrogens with zero attached hydrogens (tertiary/aromatic N) is 2. The van der Waals surface area contributed by atoms with Crippen molar-refractivity contribution in [2.75, 3.05) is 5.32 Å². The largest absolute Gasteiger partial charge is 0.439 e. The number of rotatable bonds is 5. The molecule has 0 aliphatic rings. The van der Waals surface area contributed by atoms with Crippen LogP contribution in [0.25, 0.3) is 10.9 Å². The average molecular weight is 396 g/mol. The van der Waals surface area contributed by atoms with Crippen LogP contribution >= 0.6 is 0 Å². The Balaban J connectivity index is 1.48. The molecule has 0 saturated heterocycles. The molecule has 4 aromatic rings. The number of aromatic nitrogens is 2. The minimum Gasteiger partial charge on any atom is -0.439 e. The quantitative estimate of drug-likeness (QED) is 0.529. The lowest BCUT2D eigenvalue weighted by molar-refractivity contribution is 0.102. The molecule has 0 atom stereocenters. The van der Waals surface area contributed by atoms with Crippen LogP contribution in [0.1, 0.15) is 15.9 Å². The Bertz CT molecular complexity index is 1300. The summed E-state index contributed by atoms with van der Waals surface area (Å²) < 4.78 is 5.68. The van der Waals surface area contributed by atoms with Crippen LogP contribution in [-0.2, 0) is 6.42 Å². The van der Waals surface area contributed by atoms with Gasteiger partial charge in [0.1, 0.15) is 5.75 Å². The van der Waals surface area contributed by atoms with E-state index in [9.17, 15) is 9.59 Å². The monoisotopic (exact) mass is 396 g/mol. The van der Waals surface area contributed by atoms with E-state index < -0.39 is 5.91 Å². The van der Waals surface area contributed by atoms with Crippen molar-refractivity contribution in [1.29, 1.82) is 5.26 Å². The van der Waals surface area contributed by atoms with Gasteiger partial charge in [-0.1, -0.05) is 30.3 Å². The summed E-state index contributed by atoms with van der Waals surface area (Å²) in [4.78, 5) is 31.5. The molecule has 2 aromatic heterocycles. The zero-order valence-electron chi connectivity index (χ0n) is 15.8. The summed E-state index contributed by atoms with van der Waals surface area (Å²) >= 11 is 0. The van der Waals surface area contributed by atoms with Gasteiger partial charge in [0.05, 0.1) is 29.9 Å². The molecular weight excluding hydrogens is 380 g/mol. The van der Waals surface area contributed by atoms with Crippen LogP contribution in [0.15, 0.2) is 77.7 Å². The normalized spacial score (nSPS) is 10.4. The molecule has 0 aliphatic carbocycles. The Hall–Kier alpha value is -4.44. The number of pyridine rings is 2. The number of H-pyrrole nitrogens is 1. The molecule has 0 spiro atoms. The summed E-state index contributed by atoms with van der Waals surface area (Å²) in [6.07, 6.45) is 1.82. The maximum absolute atomic E-state index is 12.7. The van der Waals surface area contributed by atoms with E-state index >= 15 is 0 Å². The number of carbonyl (C=O) groups excluding carboxylic acids is 1. The second kappa shape index (κ2) is 8.29. The highest BCUT2D eigenvalue weighted by atomic mass is 16.5. The van der Waals surface area contributed by atoms with Gasteiger partial charge >= 0.3 is 0 Å². The third-order valence-electron chi connectivity index (χ3n) is 4.42. The van der Waals surface area contributed by atoms with Crippen LogP contribution in [0, 0.1) is 11.3 Å². The fraction of sp³-hybridized carbons (Fsp3) is 0.0435. The van der Waals surface area contributed by atoms with Gasteiger partial charge in [-0.05, 0) is 29.8 Å². The number of benzene rings is 2. The standard InChI is InChI=1S/C23H16N4O3/c24-12-11-15-5-8-17(9-6-15)30-22-10-7-16(14-25-22)26-23(29)19-13-21(28)27-20-4-2-1-3-18(19)20/h1-10,13-14H,11H2,(H,26,29)(H,27,28). The number of amides is 1. The van der Waals surface area contributed by atoms with Crippen molar-refractivity contribution in [3.05, 3.63) is 94.4 Å². The Morgan fingerprint density at radius 3 is 2.63 bits per heavy atom. The van der Waals surface area contributed by atoms with Crippen molar-refractivity contribution in [3.63, 3.8) is 0 Å². The lowest BCUT2D eigenvalue weighted by Gasteiger charge is -2.09. The van der Waals surface area contributed by atoms with Crippen molar-refractivity contribution in [2.24, 2.45) is 0 Å². The van der Waals surface area contributed by atoms with Gasteiger partial charge in [-0.3, -0.25) is 9.59 Å². The molecular formula is C23H16N4O3. The van der Waals surface area contributed by atoms with Crippen LogP contribution in [0.4, 0.5) is 5.69 Å². The molecule has 0 fully saturated rings. The lowest BCUT2D eigenvalue weighted by Crippen LogP contribution is -2.16. The summed E-state index contributed by atoms with van der Waals surface area (Å²) in [5.74, 6) is 0.555. The molecule has 146 valence electrons. The predicted octanol–water partition coefficient (Wildman–Crippen LogP) is 4.03. The minimum atomic E-state index is -0.402. The Labute approximate surface area is 171 Å². The second-order valence-corrected chi connectivity index (χ2v) is 6.51. The maximum atomic E-state index is 12.7. The SMILES string of the molecule is N#CCc1ccc(Oc2ccc(NC(=O)c3cc(=O)[nH]c4ccccc34)cn2)cc1. The van der Waals surface area contributed by atoms with Gasteiger partial charge in [0.15, 0.2) is 0 Å². The molecule has 7 nitrogen and oxygen atoms in total. The number of ether oxygens (including phenoxy) is 1. The molecule has 0 bridgehead atoms. The molecule has 2 aromatic carbocycles. The first-order valence-corrected chi connectivity index (χ1v) is 9.15. The van der Waals surface area contributed by atoms with E-state index in [1.165, 1.54) is 12.3 Å². The van der Waals surface area contributed by atoms with E-state index in [0.717, 1.165) is 5.56 Å². The van der Waals surface area contributed by atoms with Crippen LogP contribution in [0.2, 0.25) is 0 Å². The topological polar surface area (TPSA) is 108 Å². The number of hydrogen-bond donors (Lipinski definition) is 2. The molecule has 0 radical (unpaired) electrons. The zero-order chi connectivity index (χ0) is 20.9.